The zero-order valence-electron chi connectivity index (χ0n) is 14.6. The van der Waals surface area contributed by atoms with Crippen LogP contribution < -0.4 is 0 Å². The number of hydrogen-bond acceptors (Lipinski definition) is 12. The van der Waals surface area contributed by atoms with Crippen molar-refractivity contribution in [1.29, 1.82) is 0 Å². The summed E-state index contributed by atoms with van der Waals surface area (Å²) in [4.78, 5) is 12.0. The van der Waals surface area contributed by atoms with Gasteiger partial charge in [-0.1, -0.05) is 0 Å². The fourth-order valence-corrected chi connectivity index (χ4v) is 2.88. The molecule has 0 atom stereocenters. The summed E-state index contributed by atoms with van der Waals surface area (Å²) >= 11 is 1.10. The Morgan fingerprint density at radius 3 is 2.50 bits per heavy atom. The molecular formula is C15H12N10O2S. The van der Waals surface area contributed by atoms with Crippen molar-refractivity contribution in [1.82, 2.24) is 29.5 Å². The van der Waals surface area contributed by atoms with E-state index in [0.717, 1.165) is 11.5 Å². The maximum atomic E-state index is 10.3. The van der Waals surface area contributed by atoms with Gasteiger partial charge in [0.05, 0.1) is 6.20 Å². The number of azo groups is 2. The SMILES string of the molecule is Cc1nc(N=Nc2cc(N=Nc3snc4cncnc34)c(O)c(C)c2O)n[nH]1. The van der Waals surface area contributed by atoms with E-state index < -0.39 is 0 Å². The summed E-state index contributed by atoms with van der Waals surface area (Å²) in [7, 11) is 0. The Morgan fingerprint density at radius 1 is 1.04 bits per heavy atom. The number of benzene rings is 1. The topological polar surface area (TPSA) is 170 Å². The molecule has 0 fully saturated rings. The number of phenolic OH excluding ortho intramolecular Hbond substituents is 2. The largest absolute Gasteiger partial charge is 0.505 e. The molecule has 0 amide bonds. The maximum absolute atomic E-state index is 10.3. The molecule has 28 heavy (non-hydrogen) atoms. The molecule has 4 aromatic rings. The molecule has 0 spiro atoms. The minimum absolute atomic E-state index is 0.0863. The van der Waals surface area contributed by atoms with E-state index in [1.54, 1.807) is 13.1 Å². The first-order chi connectivity index (χ1) is 13.5. The lowest BCUT2D eigenvalue weighted by atomic mass is 10.1. The number of H-pyrrole nitrogens is 1. The fraction of sp³-hybridized carbons (Fsp3) is 0.133. The second kappa shape index (κ2) is 7.03. The van der Waals surface area contributed by atoms with E-state index in [1.165, 1.54) is 19.3 Å². The van der Waals surface area contributed by atoms with Crippen molar-refractivity contribution in [2.75, 3.05) is 0 Å². The van der Waals surface area contributed by atoms with E-state index in [2.05, 4.69) is 50.0 Å². The Kier molecular flexibility index (Phi) is 4.41. The minimum Gasteiger partial charge on any atom is -0.505 e. The quantitative estimate of drug-likeness (QED) is 0.436. The smallest absolute Gasteiger partial charge is 0.287 e. The van der Waals surface area contributed by atoms with Gasteiger partial charge >= 0.3 is 0 Å². The Labute approximate surface area is 160 Å². The molecule has 1 aromatic carbocycles. The van der Waals surface area contributed by atoms with Crippen LogP contribution in [0.3, 0.4) is 0 Å². The minimum atomic E-state index is -0.233. The van der Waals surface area contributed by atoms with Gasteiger partial charge in [0, 0.05) is 11.6 Å². The van der Waals surface area contributed by atoms with Crippen LogP contribution in [0.1, 0.15) is 11.4 Å². The Balaban J connectivity index is 1.70. The van der Waals surface area contributed by atoms with E-state index in [4.69, 9.17) is 0 Å². The molecule has 3 aromatic heterocycles. The summed E-state index contributed by atoms with van der Waals surface area (Å²) < 4.78 is 4.18. The predicted octanol–water partition coefficient (Wildman–Crippen LogP) is 4.06. The summed E-state index contributed by atoms with van der Waals surface area (Å²) in [6, 6.07) is 1.35. The lowest BCUT2D eigenvalue weighted by molar-refractivity contribution is 0.445. The van der Waals surface area contributed by atoms with Crippen molar-refractivity contribution in [3.8, 4) is 11.5 Å². The number of aromatic amines is 1. The standard InChI is InChI=1S/C15H12N10O2S/c1-6-12(26)8(20-22-14-11-10(25-28-14)4-16-5-17-11)3-9(13(6)27)21-24-15-18-7(2)19-23-15/h3-5,26-27H,1-2H3,(H,18,19,23). The van der Waals surface area contributed by atoms with Crippen LogP contribution in [0, 0.1) is 13.8 Å². The van der Waals surface area contributed by atoms with Crippen LogP contribution in [-0.2, 0) is 0 Å². The van der Waals surface area contributed by atoms with E-state index in [0.29, 0.717) is 21.9 Å². The van der Waals surface area contributed by atoms with Gasteiger partial charge in [0.2, 0.25) is 0 Å². The highest BCUT2D eigenvalue weighted by Crippen LogP contribution is 2.44. The highest BCUT2D eigenvalue weighted by Gasteiger charge is 2.15. The molecule has 13 heteroatoms. The molecule has 0 radical (unpaired) electrons. The molecule has 0 aliphatic heterocycles. The molecule has 0 unspecified atom stereocenters. The number of aryl methyl sites for hydroxylation is 1. The molecule has 12 nitrogen and oxygen atoms in total. The van der Waals surface area contributed by atoms with Crippen LogP contribution in [0.15, 0.2) is 39.0 Å². The van der Waals surface area contributed by atoms with Crippen molar-refractivity contribution in [3.05, 3.63) is 30.0 Å². The summed E-state index contributed by atoms with van der Waals surface area (Å²) in [6.07, 6.45) is 2.96. The Bertz CT molecular complexity index is 1230. The van der Waals surface area contributed by atoms with Crippen molar-refractivity contribution in [2.24, 2.45) is 20.5 Å². The highest BCUT2D eigenvalue weighted by molar-refractivity contribution is 7.11. The third kappa shape index (κ3) is 3.25. The van der Waals surface area contributed by atoms with E-state index >= 15 is 0 Å². The lowest BCUT2D eigenvalue weighted by Gasteiger charge is -2.06. The van der Waals surface area contributed by atoms with Crippen molar-refractivity contribution in [3.63, 3.8) is 0 Å². The van der Waals surface area contributed by atoms with Crippen LogP contribution in [0.25, 0.3) is 11.0 Å². The highest BCUT2D eigenvalue weighted by atomic mass is 32.1. The van der Waals surface area contributed by atoms with Gasteiger partial charge in [-0.3, -0.25) is 5.10 Å². The third-order valence-electron chi connectivity index (χ3n) is 3.68. The molecule has 0 aliphatic carbocycles. The zero-order valence-corrected chi connectivity index (χ0v) is 15.4. The van der Waals surface area contributed by atoms with Crippen LogP contribution in [0.5, 0.6) is 11.5 Å². The van der Waals surface area contributed by atoms with E-state index in [-0.39, 0.29) is 34.4 Å². The molecular weight excluding hydrogens is 384 g/mol. The predicted molar refractivity (Wildman–Crippen MR) is 99.2 cm³/mol. The first kappa shape index (κ1) is 17.5. The Morgan fingerprint density at radius 2 is 1.79 bits per heavy atom. The molecule has 3 N–H and O–H groups in total. The number of nitrogens with zero attached hydrogens (tertiary/aromatic N) is 9. The summed E-state index contributed by atoms with van der Waals surface area (Å²) in [5.74, 6) is 0.234. The van der Waals surface area contributed by atoms with Crippen molar-refractivity contribution >= 4 is 44.9 Å². The molecule has 4 rings (SSSR count). The maximum Gasteiger partial charge on any atom is 0.287 e. The van der Waals surface area contributed by atoms with Crippen molar-refractivity contribution < 1.29 is 10.2 Å². The molecule has 0 saturated carbocycles. The molecule has 0 bridgehead atoms. The number of phenols is 2. The average molecular weight is 396 g/mol. The number of nitrogens with one attached hydrogen (secondary N) is 1. The van der Waals surface area contributed by atoms with Crippen LogP contribution in [-0.4, -0.2) is 39.7 Å². The van der Waals surface area contributed by atoms with Gasteiger partial charge in [-0.2, -0.15) is 9.36 Å². The Hall–Kier alpha value is -3.87. The molecule has 140 valence electrons. The normalized spacial score (nSPS) is 11.9. The van der Waals surface area contributed by atoms with E-state index in [9.17, 15) is 10.2 Å². The summed E-state index contributed by atoms with van der Waals surface area (Å²) in [5.41, 5.74) is 1.53. The number of aromatic nitrogens is 6. The van der Waals surface area contributed by atoms with Gasteiger partial charge in [-0.05, 0) is 25.4 Å². The fourth-order valence-electron chi connectivity index (χ4n) is 2.24. The van der Waals surface area contributed by atoms with Crippen LogP contribution in [0.2, 0.25) is 0 Å². The number of fused-ring (bicyclic) bond motifs is 1. The third-order valence-corrected chi connectivity index (χ3v) is 4.41. The second-order valence-electron chi connectivity index (χ2n) is 5.60. The first-order valence-electron chi connectivity index (χ1n) is 7.86. The van der Waals surface area contributed by atoms with Gasteiger partial charge in [-0.25, -0.2) is 9.97 Å². The zero-order chi connectivity index (χ0) is 19.7. The second-order valence-corrected chi connectivity index (χ2v) is 6.35. The van der Waals surface area contributed by atoms with E-state index in [1.807, 2.05) is 0 Å². The van der Waals surface area contributed by atoms with Crippen LogP contribution in [0.4, 0.5) is 22.3 Å². The lowest BCUT2D eigenvalue weighted by Crippen LogP contribution is -1.80. The van der Waals surface area contributed by atoms with Gasteiger partial charge in [0.25, 0.3) is 5.95 Å². The summed E-state index contributed by atoms with van der Waals surface area (Å²) in [5, 5.41) is 43.4. The van der Waals surface area contributed by atoms with Gasteiger partial charge in [0.15, 0.2) is 5.00 Å². The van der Waals surface area contributed by atoms with Gasteiger partial charge < -0.3 is 10.2 Å². The molecule has 0 saturated heterocycles. The summed E-state index contributed by atoms with van der Waals surface area (Å²) in [6.45, 7) is 3.25. The number of rotatable bonds is 4. The van der Waals surface area contributed by atoms with Crippen LogP contribution >= 0.6 is 11.5 Å². The first-order valence-corrected chi connectivity index (χ1v) is 8.63. The molecule has 3 heterocycles. The van der Waals surface area contributed by atoms with Gasteiger partial charge in [0.1, 0.15) is 46.1 Å². The average Bonchev–Trinajstić information content (AvgIpc) is 3.31. The number of hydrogen-bond donors (Lipinski definition) is 3. The number of aromatic hydroxyl groups is 2. The molecule has 0 aliphatic rings. The van der Waals surface area contributed by atoms with Gasteiger partial charge in [-0.15, -0.1) is 25.6 Å². The monoisotopic (exact) mass is 396 g/mol. The van der Waals surface area contributed by atoms with Crippen molar-refractivity contribution in [2.45, 2.75) is 13.8 Å².